The fraction of sp³-hybridized carbons (Fsp3) is 0.457. The molecule has 3 heterocycles. The minimum absolute atomic E-state index is 0.0401. The lowest BCUT2D eigenvalue weighted by Crippen LogP contribution is -2.58. The molecule has 2 N–H and O–H groups in total. The normalized spacial score (nSPS) is 18.5. The van der Waals surface area contributed by atoms with Gasteiger partial charge in [-0.15, -0.1) is 0 Å². The number of aromatic nitrogens is 1. The average Bonchev–Trinajstić information content (AvgIpc) is 3.07. The van der Waals surface area contributed by atoms with Crippen molar-refractivity contribution in [2.24, 2.45) is 0 Å². The molecule has 234 valence electrons. The summed E-state index contributed by atoms with van der Waals surface area (Å²) in [7, 11) is 0. The van der Waals surface area contributed by atoms with Gasteiger partial charge in [0.1, 0.15) is 6.04 Å². The molecule has 2 aliphatic rings. The molecule has 2 amide bonds. The van der Waals surface area contributed by atoms with E-state index in [1.807, 2.05) is 53.6 Å². The van der Waals surface area contributed by atoms with E-state index in [0.717, 1.165) is 50.4 Å². The maximum atomic E-state index is 14.1. The van der Waals surface area contributed by atoms with E-state index in [-0.39, 0.29) is 23.9 Å². The molecule has 5 rings (SSSR count). The number of halogens is 1. The first-order valence-corrected chi connectivity index (χ1v) is 16.3. The van der Waals surface area contributed by atoms with Crippen molar-refractivity contribution in [2.75, 3.05) is 45.8 Å². The number of hydrogen-bond donors (Lipinski definition) is 2. The Hall–Kier alpha value is -3.30. The molecule has 0 bridgehead atoms. The smallest absolute Gasteiger partial charge is 0.245 e. The summed E-state index contributed by atoms with van der Waals surface area (Å²) < 4.78 is 0. The summed E-state index contributed by atoms with van der Waals surface area (Å²) in [6, 6.07) is 21.0. The summed E-state index contributed by atoms with van der Waals surface area (Å²) in [5.41, 5.74) is 4.42. The third-order valence-electron chi connectivity index (χ3n) is 9.07. The van der Waals surface area contributed by atoms with Gasteiger partial charge in [-0.25, -0.2) is 0 Å². The number of nitrogens with zero attached hydrogens (tertiary/aromatic N) is 4. The first-order chi connectivity index (χ1) is 21.4. The SMILES string of the molecule is CCN(CC)CCC(c1ccccn1)N1CCN(C(=O)[C@@H](Cc2ccc(Cl)cc2)NC(=O)[C@H]2Cc3ccccc3CN2)CC1. The Morgan fingerprint density at radius 3 is 2.36 bits per heavy atom. The number of fused-ring (bicyclic) bond motifs is 1. The van der Waals surface area contributed by atoms with Crippen LogP contribution >= 0.6 is 11.6 Å². The van der Waals surface area contributed by atoms with Crippen LogP contribution in [0.25, 0.3) is 0 Å². The fourth-order valence-corrected chi connectivity index (χ4v) is 6.50. The fourth-order valence-electron chi connectivity index (χ4n) is 6.38. The lowest BCUT2D eigenvalue weighted by molar-refractivity contribution is -0.138. The lowest BCUT2D eigenvalue weighted by Gasteiger charge is -2.40. The summed E-state index contributed by atoms with van der Waals surface area (Å²) in [5.74, 6) is -0.182. The highest BCUT2D eigenvalue weighted by molar-refractivity contribution is 6.30. The van der Waals surface area contributed by atoms with Crippen LogP contribution in [0.3, 0.4) is 0 Å². The number of hydrogen-bond acceptors (Lipinski definition) is 6. The van der Waals surface area contributed by atoms with Crippen LogP contribution in [0.15, 0.2) is 72.9 Å². The number of rotatable bonds is 12. The van der Waals surface area contributed by atoms with Crippen molar-refractivity contribution in [1.82, 2.24) is 30.3 Å². The number of benzene rings is 2. The number of carbonyl (C=O) groups is 2. The van der Waals surface area contributed by atoms with Crippen LogP contribution in [0, 0.1) is 0 Å². The Labute approximate surface area is 266 Å². The van der Waals surface area contributed by atoms with Crippen molar-refractivity contribution >= 4 is 23.4 Å². The van der Waals surface area contributed by atoms with Crippen molar-refractivity contribution in [1.29, 1.82) is 0 Å². The van der Waals surface area contributed by atoms with Gasteiger partial charge >= 0.3 is 0 Å². The van der Waals surface area contributed by atoms with Crippen LogP contribution in [0.1, 0.15) is 48.7 Å². The Morgan fingerprint density at radius 1 is 0.977 bits per heavy atom. The number of nitrogens with one attached hydrogen (secondary N) is 2. The Kier molecular flexibility index (Phi) is 11.4. The molecule has 0 aliphatic carbocycles. The van der Waals surface area contributed by atoms with E-state index < -0.39 is 6.04 Å². The quantitative estimate of drug-likeness (QED) is 0.319. The van der Waals surface area contributed by atoms with Gasteiger partial charge < -0.3 is 20.4 Å². The molecule has 1 fully saturated rings. The van der Waals surface area contributed by atoms with E-state index in [0.29, 0.717) is 37.5 Å². The second kappa shape index (κ2) is 15.6. The van der Waals surface area contributed by atoms with Crippen LogP contribution in [0.5, 0.6) is 0 Å². The zero-order chi connectivity index (χ0) is 30.9. The standard InChI is InChI=1S/C35H45ClN6O2/c1-3-40(4-2)18-16-33(30-11-7-8-17-37-30)41-19-21-42(22-20-41)35(44)32(23-26-12-14-29(36)15-13-26)39-34(43)31-24-27-9-5-6-10-28(27)25-38-31/h5-15,17,31-33,38H,3-4,16,18-25H2,1-2H3,(H,39,43)/t31-,32-,33?/m1/s1. The molecule has 9 heteroatoms. The van der Waals surface area contributed by atoms with Gasteiger partial charge in [-0.3, -0.25) is 19.5 Å². The molecule has 2 aromatic carbocycles. The zero-order valence-electron chi connectivity index (χ0n) is 25.9. The third kappa shape index (κ3) is 8.24. The molecule has 3 aromatic rings. The number of amides is 2. The van der Waals surface area contributed by atoms with E-state index in [1.54, 1.807) is 0 Å². The minimum Gasteiger partial charge on any atom is -0.343 e. The molecule has 0 radical (unpaired) electrons. The predicted molar refractivity (Wildman–Crippen MR) is 175 cm³/mol. The van der Waals surface area contributed by atoms with E-state index in [1.165, 1.54) is 11.1 Å². The highest BCUT2D eigenvalue weighted by atomic mass is 35.5. The van der Waals surface area contributed by atoms with Crippen molar-refractivity contribution < 1.29 is 9.59 Å². The van der Waals surface area contributed by atoms with Gasteiger partial charge in [0.15, 0.2) is 0 Å². The largest absolute Gasteiger partial charge is 0.343 e. The zero-order valence-corrected chi connectivity index (χ0v) is 26.7. The lowest BCUT2D eigenvalue weighted by atomic mass is 9.95. The maximum Gasteiger partial charge on any atom is 0.245 e. The van der Waals surface area contributed by atoms with Crippen LogP contribution in [-0.4, -0.2) is 89.4 Å². The van der Waals surface area contributed by atoms with Crippen LogP contribution in [-0.2, 0) is 29.0 Å². The Bertz CT molecular complexity index is 1360. The minimum atomic E-state index is -0.663. The molecule has 2 aliphatic heterocycles. The number of carbonyl (C=O) groups excluding carboxylic acids is 2. The summed E-state index contributed by atoms with van der Waals surface area (Å²) in [6.45, 7) is 10.8. The summed E-state index contributed by atoms with van der Waals surface area (Å²) in [4.78, 5) is 39.1. The maximum absolute atomic E-state index is 14.1. The van der Waals surface area contributed by atoms with Crippen LogP contribution in [0.4, 0.5) is 0 Å². The van der Waals surface area contributed by atoms with Gasteiger partial charge in [-0.05, 0) is 73.4 Å². The molecule has 1 saturated heterocycles. The van der Waals surface area contributed by atoms with Crippen LogP contribution < -0.4 is 10.6 Å². The van der Waals surface area contributed by atoms with Gasteiger partial charge in [-0.1, -0.05) is 67.9 Å². The second-order valence-corrected chi connectivity index (χ2v) is 12.2. The highest BCUT2D eigenvalue weighted by Gasteiger charge is 2.33. The molecule has 8 nitrogen and oxygen atoms in total. The topological polar surface area (TPSA) is 80.8 Å². The molecule has 0 saturated carbocycles. The number of piperazine rings is 1. The third-order valence-corrected chi connectivity index (χ3v) is 9.33. The van der Waals surface area contributed by atoms with E-state index in [4.69, 9.17) is 16.6 Å². The van der Waals surface area contributed by atoms with Crippen molar-refractivity contribution in [3.8, 4) is 0 Å². The summed E-state index contributed by atoms with van der Waals surface area (Å²) in [5, 5.41) is 7.13. The molecular weight excluding hydrogens is 572 g/mol. The van der Waals surface area contributed by atoms with Crippen LogP contribution in [0.2, 0.25) is 5.02 Å². The molecular formula is C35H45ClN6O2. The highest BCUT2D eigenvalue weighted by Crippen LogP contribution is 2.25. The summed E-state index contributed by atoms with van der Waals surface area (Å²) in [6.07, 6.45) is 3.86. The van der Waals surface area contributed by atoms with Gasteiger partial charge in [-0.2, -0.15) is 0 Å². The first kappa shape index (κ1) is 32.1. The predicted octanol–water partition coefficient (Wildman–Crippen LogP) is 4.09. The van der Waals surface area contributed by atoms with Crippen molar-refractivity contribution in [3.63, 3.8) is 0 Å². The Morgan fingerprint density at radius 2 is 1.68 bits per heavy atom. The van der Waals surface area contributed by atoms with Gasteiger partial charge in [0.05, 0.1) is 17.8 Å². The van der Waals surface area contributed by atoms with Gasteiger partial charge in [0, 0.05) is 50.4 Å². The van der Waals surface area contributed by atoms with Gasteiger partial charge in [0.2, 0.25) is 11.8 Å². The average molecular weight is 617 g/mol. The van der Waals surface area contributed by atoms with Gasteiger partial charge in [0.25, 0.3) is 0 Å². The van der Waals surface area contributed by atoms with Crippen molar-refractivity contribution in [2.45, 2.75) is 57.8 Å². The first-order valence-electron chi connectivity index (χ1n) is 16.0. The van der Waals surface area contributed by atoms with E-state index in [2.05, 4.69) is 58.5 Å². The Balaban J connectivity index is 1.26. The monoisotopic (exact) mass is 616 g/mol. The molecule has 44 heavy (non-hydrogen) atoms. The van der Waals surface area contributed by atoms with Crippen molar-refractivity contribution in [3.05, 3.63) is 100 Å². The molecule has 3 atom stereocenters. The molecule has 0 spiro atoms. The molecule has 1 unspecified atom stereocenters. The second-order valence-electron chi connectivity index (χ2n) is 11.7. The number of pyridine rings is 1. The van der Waals surface area contributed by atoms with E-state index >= 15 is 0 Å². The molecule has 1 aromatic heterocycles. The van der Waals surface area contributed by atoms with E-state index in [9.17, 15) is 9.59 Å². The summed E-state index contributed by atoms with van der Waals surface area (Å²) >= 11 is 6.13.